The van der Waals surface area contributed by atoms with E-state index in [4.69, 9.17) is 9.47 Å². The average molecular weight is 256 g/mol. The Balaban J connectivity index is 1.53. The minimum absolute atomic E-state index is 0.0100. The highest BCUT2D eigenvalue weighted by molar-refractivity contribution is 5.77. The van der Waals surface area contributed by atoms with Crippen molar-refractivity contribution in [1.82, 2.24) is 10.6 Å². The smallest absolute Gasteiger partial charge is 0.246 e. The molecule has 0 spiro atoms. The number of amides is 1. The van der Waals surface area contributed by atoms with Gasteiger partial charge in [0.25, 0.3) is 0 Å². The van der Waals surface area contributed by atoms with Crippen molar-refractivity contribution in [1.29, 1.82) is 0 Å². The second-order valence-corrected chi connectivity index (χ2v) is 5.16. The molecule has 0 aromatic heterocycles. The maximum absolute atomic E-state index is 11.7. The van der Waals surface area contributed by atoms with Crippen molar-refractivity contribution in [2.24, 2.45) is 5.92 Å². The summed E-state index contributed by atoms with van der Waals surface area (Å²) in [4.78, 5) is 11.7. The third kappa shape index (κ3) is 4.92. The van der Waals surface area contributed by atoms with Crippen LogP contribution < -0.4 is 10.6 Å². The number of piperidine rings is 1. The van der Waals surface area contributed by atoms with Crippen LogP contribution in [0.1, 0.15) is 25.7 Å². The molecule has 104 valence electrons. The van der Waals surface area contributed by atoms with E-state index in [-0.39, 0.29) is 18.6 Å². The summed E-state index contributed by atoms with van der Waals surface area (Å²) in [6.45, 7) is 4.55. The maximum atomic E-state index is 11.7. The van der Waals surface area contributed by atoms with Gasteiger partial charge in [-0.15, -0.1) is 0 Å². The van der Waals surface area contributed by atoms with E-state index in [1.807, 2.05) is 0 Å². The van der Waals surface area contributed by atoms with Crippen molar-refractivity contribution < 1.29 is 14.3 Å². The van der Waals surface area contributed by atoms with E-state index >= 15 is 0 Å². The lowest BCUT2D eigenvalue weighted by Crippen LogP contribution is -2.41. The van der Waals surface area contributed by atoms with Gasteiger partial charge in [-0.3, -0.25) is 4.79 Å². The fourth-order valence-corrected chi connectivity index (χ4v) is 2.48. The van der Waals surface area contributed by atoms with E-state index in [1.54, 1.807) is 0 Å². The largest absolute Gasteiger partial charge is 0.381 e. The van der Waals surface area contributed by atoms with Crippen LogP contribution in [0.2, 0.25) is 0 Å². The molecule has 18 heavy (non-hydrogen) atoms. The maximum Gasteiger partial charge on any atom is 0.246 e. The van der Waals surface area contributed by atoms with E-state index in [0.29, 0.717) is 12.5 Å². The molecular weight excluding hydrogens is 232 g/mol. The summed E-state index contributed by atoms with van der Waals surface area (Å²) in [6.07, 6.45) is 4.14. The van der Waals surface area contributed by atoms with Gasteiger partial charge in [0.15, 0.2) is 0 Å². The molecule has 2 fully saturated rings. The summed E-state index contributed by atoms with van der Waals surface area (Å²) < 4.78 is 10.8. The molecule has 5 nitrogen and oxygen atoms in total. The molecule has 1 amide bonds. The molecule has 0 bridgehead atoms. The number of hydrogen-bond donors (Lipinski definition) is 2. The molecule has 5 heteroatoms. The molecule has 0 aromatic carbocycles. The van der Waals surface area contributed by atoms with Gasteiger partial charge in [-0.2, -0.15) is 0 Å². The number of hydrogen-bond acceptors (Lipinski definition) is 4. The van der Waals surface area contributed by atoms with Crippen molar-refractivity contribution in [2.75, 3.05) is 39.5 Å². The Morgan fingerprint density at radius 3 is 2.67 bits per heavy atom. The van der Waals surface area contributed by atoms with Crippen LogP contribution in [0.3, 0.4) is 0 Å². The standard InChI is InChI=1S/C13H24N2O3/c16-13(15-12-3-7-17-8-4-12)10-18-9-11-1-5-14-6-2-11/h11-12,14H,1-10H2,(H,15,16). The number of nitrogens with one attached hydrogen (secondary N) is 2. The van der Waals surface area contributed by atoms with Crippen LogP contribution in [0.5, 0.6) is 0 Å². The first kappa shape index (κ1) is 13.8. The molecule has 2 aliphatic rings. The highest BCUT2D eigenvalue weighted by atomic mass is 16.5. The Morgan fingerprint density at radius 2 is 1.94 bits per heavy atom. The predicted molar refractivity (Wildman–Crippen MR) is 68.4 cm³/mol. The minimum Gasteiger partial charge on any atom is -0.381 e. The first-order valence-corrected chi connectivity index (χ1v) is 7.00. The number of ether oxygens (including phenoxy) is 2. The highest BCUT2D eigenvalue weighted by Crippen LogP contribution is 2.11. The van der Waals surface area contributed by atoms with Gasteiger partial charge >= 0.3 is 0 Å². The summed E-state index contributed by atoms with van der Waals surface area (Å²) in [7, 11) is 0. The van der Waals surface area contributed by atoms with Crippen molar-refractivity contribution >= 4 is 5.91 Å². The third-order valence-electron chi connectivity index (χ3n) is 3.63. The average Bonchev–Trinajstić information content (AvgIpc) is 2.41. The fraction of sp³-hybridized carbons (Fsp3) is 0.923. The molecule has 0 aromatic rings. The summed E-state index contributed by atoms with van der Waals surface area (Å²) in [6, 6.07) is 0.272. The van der Waals surface area contributed by atoms with Gasteiger partial charge < -0.3 is 20.1 Å². The fourth-order valence-electron chi connectivity index (χ4n) is 2.48. The predicted octanol–water partition coefficient (Wildman–Crippen LogP) is 0.298. The molecule has 0 unspecified atom stereocenters. The molecule has 2 N–H and O–H groups in total. The van der Waals surface area contributed by atoms with Crippen LogP contribution in [0, 0.1) is 5.92 Å². The number of rotatable bonds is 5. The first-order chi connectivity index (χ1) is 8.84. The van der Waals surface area contributed by atoms with E-state index in [1.165, 1.54) is 0 Å². The van der Waals surface area contributed by atoms with Gasteiger partial charge in [-0.25, -0.2) is 0 Å². The van der Waals surface area contributed by atoms with Gasteiger partial charge in [-0.1, -0.05) is 0 Å². The van der Waals surface area contributed by atoms with Crippen LogP contribution in [0.4, 0.5) is 0 Å². The topological polar surface area (TPSA) is 59.6 Å². The first-order valence-electron chi connectivity index (χ1n) is 7.00. The summed E-state index contributed by atoms with van der Waals surface area (Å²) in [5, 5.41) is 6.32. The zero-order chi connectivity index (χ0) is 12.6. The van der Waals surface area contributed by atoms with Crippen molar-refractivity contribution in [3.8, 4) is 0 Å². The Kier molecular flexibility index (Phi) is 5.90. The van der Waals surface area contributed by atoms with Gasteiger partial charge in [0, 0.05) is 19.3 Å². The van der Waals surface area contributed by atoms with Gasteiger partial charge in [0.1, 0.15) is 6.61 Å². The number of carbonyl (C=O) groups is 1. The zero-order valence-electron chi connectivity index (χ0n) is 11.0. The van der Waals surface area contributed by atoms with Crippen LogP contribution in [-0.4, -0.2) is 51.5 Å². The normalized spacial score (nSPS) is 22.9. The summed E-state index contributed by atoms with van der Waals surface area (Å²) in [5.41, 5.74) is 0. The Morgan fingerprint density at radius 1 is 1.22 bits per heavy atom. The van der Waals surface area contributed by atoms with Crippen molar-refractivity contribution in [3.05, 3.63) is 0 Å². The highest BCUT2D eigenvalue weighted by Gasteiger charge is 2.17. The van der Waals surface area contributed by atoms with Crippen LogP contribution >= 0.6 is 0 Å². The lowest BCUT2D eigenvalue weighted by atomic mass is 9.99. The minimum atomic E-state index is 0.0100. The van der Waals surface area contributed by atoms with E-state index < -0.39 is 0 Å². The quantitative estimate of drug-likeness (QED) is 0.742. The SMILES string of the molecule is O=C(COCC1CCNCC1)NC1CCOCC1. The molecule has 0 saturated carbocycles. The molecule has 2 saturated heterocycles. The zero-order valence-corrected chi connectivity index (χ0v) is 11.0. The molecular formula is C13H24N2O3. The Labute approximate surface area is 109 Å². The third-order valence-corrected chi connectivity index (χ3v) is 3.63. The second-order valence-electron chi connectivity index (χ2n) is 5.16. The van der Waals surface area contributed by atoms with Gasteiger partial charge in [-0.05, 0) is 44.7 Å². The van der Waals surface area contributed by atoms with E-state index in [2.05, 4.69) is 10.6 Å². The second kappa shape index (κ2) is 7.71. The molecule has 2 heterocycles. The van der Waals surface area contributed by atoms with E-state index in [9.17, 15) is 4.79 Å². The molecule has 2 rings (SSSR count). The van der Waals surface area contributed by atoms with Crippen molar-refractivity contribution in [2.45, 2.75) is 31.7 Å². The monoisotopic (exact) mass is 256 g/mol. The molecule has 0 atom stereocenters. The van der Waals surface area contributed by atoms with Crippen LogP contribution in [0.25, 0.3) is 0 Å². The summed E-state index contributed by atoms with van der Waals surface area (Å²) >= 11 is 0. The lowest BCUT2D eigenvalue weighted by molar-refractivity contribution is -0.127. The summed E-state index contributed by atoms with van der Waals surface area (Å²) in [5.74, 6) is 0.623. The molecule has 2 aliphatic heterocycles. The molecule has 0 aliphatic carbocycles. The molecule has 0 radical (unpaired) electrons. The van der Waals surface area contributed by atoms with E-state index in [0.717, 1.165) is 52.0 Å². The lowest BCUT2D eigenvalue weighted by Gasteiger charge is -2.24. The van der Waals surface area contributed by atoms with Crippen LogP contribution in [0.15, 0.2) is 0 Å². The van der Waals surface area contributed by atoms with Crippen LogP contribution in [-0.2, 0) is 14.3 Å². The Bertz CT molecular complexity index is 249. The van der Waals surface area contributed by atoms with Gasteiger partial charge in [0.05, 0.1) is 6.61 Å². The number of carbonyl (C=O) groups excluding carboxylic acids is 1. The van der Waals surface area contributed by atoms with Gasteiger partial charge in [0.2, 0.25) is 5.91 Å². The Hall–Kier alpha value is -0.650. The van der Waals surface area contributed by atoms with Crippen molar-refractivity contribution in [3.63, 3.8) is 0 Å².